The predicted molar refractivity (Wildman–Crippen MR) is 109 cm³/mol. The zero-order valence-corrected chi connectivity index (χ0v) is 17.4. The Morgan fingerprint density at radius 2 is 1.75 bits per heavy atom. The van der Waals surface area contributed by atoms with Crippen LogP contribution in [0.3, 0.4) is 0 Å². The molecule has 9 heteroatoms. The third-order valence-electron chi connectivity index (χ3n) is 5.22. The number of hydrogen-bond acceptors (Lipinski definition) is 7. The maximum Gasteiger partial charge on any atom is 0.244 e. The standard InChI is InChI=1S/C19H29N9/c1-12(2)20-17-22-15(23-18-21-13(3)14(4)28(17)18)8-9-16-24-19(25-26(16)5)27-10-6-7-11-27/h12H,6-11H2,1-5H3,(H,20,21,22,23). The second kappa shape index (κ2) is 7.37. The molecule has 1 aliphatic heterocycles. The number of nitrogens with one attached hydrogen (secondary N) is 1. The van der Waals surface area contributed by atoms with Gasteiger partial charge in [-0.25, -0.2) is 4.98 Å². The third kappa shape index (κ3) is 3.53. The fourth-order valence-electron chi connectivity index (χ4n) is 3.60. The van der Waals surface area contributed by atoms with Crippen LogP contribution in [0.4, 0.5) is 11.9 Å². The molecule has 0 atom stereocenters. The molecule has 1 N–H and O–H groups in total. The normalized spacial score (nSPS) is 14.6. The van der Waals surface area contributed by atoms with Crippen molar-refractivity contribution in [2.45, 2.75) is 59.4 Å². The Bertz CT molecular complexity index is 979. The fraction of sp³-hybridized carbons (Fsp3) is 0.632. The Balaban J connectivity index is 1.58. The van der Waals surface area contributed by atoms with Gasteiger partial charge in [0.15, 0.2) is 0 Å². The van der Waals surface area contributed by atoms with Crippen LogP contribution in [0.2, 0.25) is 0 Å². The van der Waals surface area contributed by atoms with E-state index in [-0.39, 0.29) is 6.04 Å². The van der Waals surface area contributed by atoms with E-state index in [4.69, 9.17) is 9.97 Å². The zero-order chi connectivity index (χ0) is 19.8. The molecule has 9 nitrogen and oxygen atoms in total. The minimum atomic E-state index is 0.273. The first-order valence-corrected chi connectivity index (χ1v) is 10.1. The molecular formula is C19H29N9. The molecule has 1 aliphatic rings. The van der Waals surface area contributed by atoms with Gasteiger partial charge in [0.25, 0.3) is 0 Å². The molecule has 0 aromatic carbocycles. The molecule has 0 aliphatic carbocycles. The van der Waals surface area contributed by atoms with Crippen molar-refractivity contribution in [2.24, 2.45) is 7.05 Å². The van der Waals surface area contributed by atoms with Crippen LogP contribution in [0, 0.1) is 13.8 Å². The lowest BCUT2D eigenvalue weighted by Gasteiger charge is -2.13. The summed E-state index contributed by atoms with van der Waals surface area (Å²) in [5, 5.41) is 8.01. The number of nitrogens with zero attached hydrogens (tertiary/aromatic N) is 8. The van der Waals surface area contributed by atoms with Gasteiger partial charge in [0.05, 0.1) is 5.69 Å². The third-order valence-corrected chi connectivity index (χ3v) is 5.22. The molecule has 1 saturated heterocycles. The number of anilines is 2. The molecule has 28 heavy (non-hydrogen) atoms. The van der Waals surface area contributed by atoms with E-state index in [2.05, 4.69) is 39.1 Å². The molecule has 0 spiro atoms. The lowest BCUT2D eigenvalue weighted by atomic mass is 10.3. The Labute approximate surface area is 165 Å². The van der Waals surface area contributed by atoms with E-state index in [0.717, 1.165) is 54.4 Å². The van der Waals surface area contributed by atoms with Gasteiger partial charge in [-0.2, -0.15) is 15.0 Å². The van der Waals surface area contributed by atoms with E-state index < -0.39 is 0 Å². The molecule has 3 aromatic heterocycles. The van der Waals surface area contributed by atoms with Crippen molar-refractivity contribution >= 4 is 17.7 Å². The molecule has 0 radical (unpaired) electrons. The number of hydrogen-bond donors (Lipinski definition) is 1. The topological polar surface area (TPSA) is 89.1 Å². The van der Waals surface area contributed by atoms with Gasteiger partial charge >= 0.3 is 0 Å². The monoisotopic (exact) mass is 383 g/mol. The predicted octanol–water partition coefficient (Wildman–Crippen LogP) is 2.08. The van der Waals surface area contributed by atoms with Crippen LogP contribution in [0.25, 0.3) is 5.78 Å². The summed E-state index contributed by atoms with van der Waals surface area (Å²) in [6.07, 6.45) is 3.87. The van der Waals surface area contributed by atoms with Crippen molar-refractivity contribution in [3.05, 3.63) is 23.0 Å². The highest BCUT2D eigenvalue weighted by Gasteiger charge is 2.19. The highest BCUT2D eigenvalue weighted by Crippen LogP contribution is 2.18. The van der Waals surface area contributed by atoms with Crippen molar-refractivity contribution in [1.29, 1.82) is 0 Å². The first kappa shape index (κ1) is 18.6. The van der Waals surface area contributed by atoms with E-state index in [9.17, 15) is 0 Å². The number of fused-ring (bicyclic) bond motifs is 1. The van der Waals surface area contributed by atoms with E-state index in [0.29, 0.717) is 12.2 Å². The lowest BCUT2D eigenvalue weighted by molar-refractivity contribution is 0.680. The van der Waals surface area contributed by atoms with E-state index in [1.54, 1.807) is 0 Å². The van der Waals surface area contributed by atoms with Crippen LogP contribution in [-0.4, -0.2) is 53.2 Å². The summed E-state index contributed by atoms with van der Waals surface area (Å²) in [5.74, 6) is 4.06. The van der Waals surface area contributed by atoms with Crippen LogP contribution in [-0.2, 0) is 19.9 Å². The van der Waals surface area contributed by atoms with E-state index in [1.807, 2.05) is 30.0 Å². The van der Waals surface area contributed by atoms with Crippen molar-refractivity contribution in [3.63, 3.8) is 0 Å². The smallest absolute Gasteiger partial charge is 0.244 e. The van der Waals surface area contributed by atoms with Crippen LogP contribution >= 0.6 is 0 Å². The molecule has 0 unspecified atom stereocenters. The average molecular weight is 384 g/mol. The first-order chi connectivity index (χ1) is 13.4. The molecule has 0 bridgehead atoms. The first-order valence-electron chi connectivity index (χ1n) is 10.1. The molecule has 150 valence electrons. The van der Waals surface area contributed by atoms with E-state index in [1.165, 1.54) is 12.8 Å². The summed E-state index contributed by atoms with van der Waals surface area (Å²) in [6.45, 7) is 10.3. The van der Waals surface area contributed by atoms with Gasteiger partial charge in [-0.15, -0.1) is 5.10 Å². The minimum absolute atomic E-state index is 0.273. The highest BCUT2D eigenvalue weighted by atomic mass is 15.4. The summed E-state index contributed by atoms with van der Waals surface area (Å²) in [5.41, 5.74) is 2.04. The molecule has 4 heterocycles. The molecule has 1 fully saturated rings. The van der Waals surface area contributed by atoms with Gasteiger partial charge in [0, 0.05) is 44.7 Å². The largest absolute Gasteiger partial charge is 0.353 e. The van der Waals surface area contributed by atoms with Crippen molar-refractivity contribution < 1.29 is 0 Å². The van der Waals surface area contributed by atoms with Crippen molar-refractivity contribution in [2.75, 3.05) is 23.3 Å². The van der Waals surface area contributed by atoms with Gasteiger partial charge in [-0.1, -0.05) is 0 Å². The van der Waals surface area contributed by atoms with E-state index >= 15 is 0 Å². The molecule has 4 rings (SSSR count). The average Bonchev–Trinajstić information content (AvgIpc) is 3.33. The van der Waals surface area contributed by atoms with Gasteiger partial charge in [-0.3, -0.25) is 9.08 Å². The van der Waals surface area contributed by atoms with Crippen LogP contribution in [0.1, 0.15) is 49.7 Å². The van der Waals surface area contributed by atoms with Gasteiger partial charge in [0.2, 0.25) is 17.7 Å². The Hall–Kier alpha value is -2.71. The van der Waals surface area contributed by atoms with Crippen LogP contribution in [0.5, 0.6) is 0 Å². The summed E-state index contributed by atoms with van der Waals surface area (Å²) < 4.78 is 3.87. The van der Waals surface area contributed by atoms with Crippen molar-refractivity contribution in [3.8, 4) is 0 Å². The fourth-order valence-corrected chi connectivity index (χ4v) is 3.60. The second-order valence-electron chi connectivity index (χ2n) is 7.83. The quantitative estimate of drug-likeness (QED) is 0.697. The molecule has 3 aromatic rings. The van der Waals surface area contributed by atoms with Gasteiger partial charge < -0.3 is 10.2 Å². The molecule has 0 saturated carbocycles. The summed E-state index contributed by atoms with van der Waals surface area (Å²) in [7, 11) is 1.96. The van der Waals surface area contributed by atoms with Gasteiger partial charge in [0.1, 0.15) is 11.6 Å². The number of imidazole rings is 1. The van der Waals surface area contributed by atoms with Crippen LogP contribution < -0.4 is 10.2 Å². The maximum absolute atomic E-state index is 4.78. The van der Waals surface area contributed by atoms with Crippen molar-refractivity contribution in [1.82, 2.24) is 34.1 Å². The number of aryl methyl sites for hydroxylation is 5. The second-order valence-corrected chi connectivity index (χ2v) is 7.83. The molecule has 0 amide bonds. The zero-order valence-electron chi connectivity index (χ0n) is 17.4. The summed E-state index contributed by atoms with van der Waals surface area (Å²) in [6, 6.07) is 0.273. The highest BCUT2D eigenvalue weighted by molar-refractivity contribution is 5.45. The summed E-state index contributed by atoms with van der Waals surface area (Å²) in [4.78, 5) is 21.1. The number of rotatable bonds is 6. The van der Waals surface area contributed by atoms with Gasteiger partial charge in [-0.05, 0) is 40.5 Å². The Morgan fingerprint density at radius 3 is 2.46 bits per heavy atom. The Morgan fingerprint density at radius 1 is 1.00 bits per heavy atom. The lowest BCUT2D eigenvalue weighted by Crippen LogP contribution is -2.19. The number of aromatic nitrogens is 7. The van der Waals surface area contributed by atoms with Crippen LogP contribution in [0.15, 0.2) is 0 Å². The maximum atomic E-state index is 4.78. The minimum Gasteiger partial charge on any atom is -0.353 e. The SMILES string of the molecule is Cc1nc2nc(CCc3nc(N4CCCC4)nn3C)nc(NC(C)C)n2c1C. The Kier molecular flexibility index (Phi) is 4.91. The molecular weight excluding hydrogens is 354 g/mol. The summed E-state index contributed by atoms with van der Waals surface area (Å²) >= 11 is 0.